The molecule has 146 valence electrons. The van der Waals surface area contributed by atoms with E-state index in [-0.39, 0.29) is 6.10 Å². The Hall–Kier alpha value is -1.32. The lowest BCUT2D eigenvalue weighted by Crippen LogP contribution is -2.09. The monoisotopic (exact) mass is 354 g/mol. The molecule has 0 unspecified atom stereocenters. The largest absolute Gasteiger partial charge is 0.463 e. The Bertz CT molecular complexity index is 361. The topological polar surface area (TPSA) is 52.6 Å². The summed E-state index contributed by atoms with van der Waals surface area (Å²) < 4.78 is 9.94. The second kappa shape index (κ2) is 17.5. The summed E-state index contributed by atoms with van der Waals surface area (Å²) >= 11 is 0. The van der Waals surface area contributed by atoms with Crippen LogP contribution in [0.25, 0.3) is 0 Å². The predicted octanol–water partition coefficient (Wildman–Crippen LogP) is 5.74. The molecule has 0 atom stereocenters. The normalized spacial score (nSPS) is 11.2. The second-order valence-corrected chi connectivity index (χ2v) is 6.88. The fraction of sp³-hybridized carbons (Fsp3) is 0.810. The van der Waals surface area contributed by atoms with Gasteiger partial charge >= 0.3 is 11.9 Å². The minimum absolute atomic E-state index is 0.186. The van der Waals surface area contributed by atoms with E-state index in [1.165, 1.54) is 64.2 Å². The third kappa shape index (κ3) is 18.9. The maximum atomic E-state index is 11.4. The Morgan fingerprint density at radius 2 is 1.16 bits per heavy atom. The van der Waals surface area contributed by atoms with Crippen molar-refractivity contribution in [2.75, 3.05) is 6.61 Å². The summed E-state index contributed by atoms with van der Waals surface area (Å²) in [6.07, 6.45) is 17.4. The third-order valence-corrected chi connectivity index (χ3v) is 3.95. The molecule has 0 spiro atoms. The minimum Gasteiger partial charge on any atom is -0.463 e. The highest BCUT2D eigenvalue weighted by Gasteiger charge is 2.02. The number of hydrogen-bond acceptors (Lipinski definition) is 4. The molecule has 0 bridgehead atoms. The number of rotatable bonds is 16. The van der Waals surface area contributed by atoms with Crippen molar-refractivity contribution in [2.24, 2.45) is 0 Å². The van der Waals surface area contributed by atoms with Gasteiger partial charge in [-0.3, -0.25) is 0 Å². The summed E-state index contributed by atoms with van der Waals surface area (Å²) in [5.74, 6) is -0.999. The van der Waals surface area contributed by atoms with Crippen LogP contribution in [-0.2, 0) is 19.1 Å². The van der Waals surface area contributed by atoms with Crippen LogP contribution in [0.2, 0.25) is 0 Å². The Morgan fingerprint density at radius 1 is 0.720 bits per heavy atom. The Kier molecular flexibility index (Phi) is 16.6. The molecule has 0 fully saturated rings. The first-order valence-corrected chi connectivity index (χ1v) is 10.1. The third-order valence-electron chi connectivity index (χ3n) is 3.95. The van der Waals surface area contributed by atoms with Gasteiger partial charge in [-0.1, -0.05) is 77.6 Å². The number of carbonyl (C=O) groups is 2. The quantitative estimate of drug-likeness (QED) is 0.201. The highest BCUT2D eigenvalue weighted by atomic mass is 16.5. The van der Waals surface area contributed by atoms with Crippen LogP contribution in [-0.4, -0.2) is 24.6 Å². The summed E-state index contributed by atoms with van der Waals surface area (Å²) in [5.41, 5.74) is 0. The maximum absolute atomic E-state index is 11.4. The molecule has 0 aromatic carbocycles. The zero-order valence-electron chi connectivity index (χ0n) is 16.6. The van der Waals surface area contributed by atoms with E-state index >= 15 is 0 Å². The molecule has 0 aromatic heterocycles. The molecular formula is C21H38O4. The highest BCUT2D eigenvalue weighted by Crippen LogP contribution is 2.11. The summed E-state index contributed by atoms with van der Waals surface area (Å²) in [5, 5.41) is 0. The lowest BCUT2D eigenvalue weighted by Gasteiger charge is -2.04. The van der Waals surface area contributed by atoms with Gasteiger partial charge in [0, 0.05) is 12.2 Å². The van der Waals surface area contributed by atoms with Gasteiger partial charge in [-0.2, -0.15) is 0 Å². The number of ether oxygens (including phenoxy) is 2. The van der Waals surface area contributed by atoms with Crippen molar-refractivity contribution >= 4 is 11.9 Å². The fourth-order valence-corrected chi connectivity index (χ4v) is 2.57. The lowest BCUT2D eigenvalue weighted by molar-refractivity contribution is -0.142. The standard InChI is InChI=1S/C21H38O4/c1-4-5-6-7-8-9-10-11-12-13-14-15-18-24-20(22)16-17-21(23)25-19(2)3/h16-17,19H,4-15,18H2,1-3H3/b17-16+. The summed E-state index contributed by atoms with van der Waals surface area (Å²) in [6.45, 7) is 6.19. The molecule has 4 heteroatoms. The molecule has 25 heavy (non-hydrogen) atoms. The van der Waals surface area contributed by atoms with E-state index in [1.54, 1.807) is 13.8 Å². The van der Waals surface area contributed by atoms with Crippen molar-refractivity contribution in [3.05, 3.63) is 12.2 Å². The van der Waals surface area contributed by atoms with Crippen LogP contribution >= 0.6 is 0 Å². The molecule has 0 N–H and O–H groups in total. The first kappa shape index (κ1) is 23.7. The van der Waals surface area contributed by atoms with Crippen molar-refractivity contribution < 1.29 is 19.1 Å². The number of unbranched alkanes of at least 4 members (excludes halogenated alkanes) is 11. The number of esters is 2. The van der Waals surface area contributed by atoms with Crippen molar-refractivity contribution in [1.82, 2.24) is 0 Å². The first-order valence-electron chi connectivity index (χ1n) is 10.1. The number of hydrogen-bond donors (Lipinski definition) is 0. The summed E-state index contributed by atoms with van der Waals surface area (Å²) in [6, 6.07) is 0. The molecule has 0 aliphatic carbocycles. The summed E-state index contributed by atoms with van der Waals surface area (Å²) in [7, 11) is 0. The molecule has 0 aliphatic rings. The van der Waals surface area contributed by atoms with Gasteiger partial charge in [-0.05, 0) is 20.3 Å². The summed E-state index contributed by atoms with van der Waals surface area (Å²) in [4.78, 5) is 22.6. The van der Waals surface area contributed by atoms with Gasteiger partial charge in [-0.25, -0.2) is 9.59 Å². The van der Waals surface area contributed by atoms with Gasteiger partial charge in [0.15, 0.2) is 0 Å². The Morgan fingerprint density at radius 3 is 1.64 bits per heavy atom. The molecule has 0 amide bonds. The van der Waals surface area contributed by atoms with E-state index < -0.39 is 11.9 Å². The van der Waals surface area contributed by atoms with Gasteiger partial charge in [0.2, 0.25) is 0 Å². The SMILES string of the molecule is CCCCCCCCCCCCCCOC(=O)/C=C/C(=O)OC(C)C. The van der Waals surface area contributed by atoms with Gasteiger partial charge in [0.05, 0.1) is 12.7 Å². The Balaban J connectivity index is 3.34. The van der Waals surface area contributed by atoms with Gasteiger partial charge in [0.1, 0.15) is 0 Å². The van der Waals surface area contributed by atoms with E-state index in [0.717, 1.165) is 25.0 Å². The van der Waals surface area contributed by atoms with Crippen molar-refractivity contribution in [3.63, 3.8) is 0 Å². The van der Waals surface area contributed by atoms with Crippen LogP contribution < -0.4 is 0 Å². The maximum Gasteiger partial charge on any atom is 0.331 e. The van der Waals surface area contributed by atoms with Crippen molar-refractivity contribution in [3.8, 4) is 0 Å². The van der Waals surface area contributed by atoms with Crippen LogP contribution in [0.4, 0.5) is 0 Å². The average molecular weight is 355 g/mol. The van der Waals surface area contributed by atoms with Gasteiger partial charge < -0.3 is 9.47 Å². The van der Waals surface area contributed by atoms with Gasteiger partial charge in [0.25, 0.3) is 0 Å². The van der Waals surface area contributed by atoms with Crippen molar-refractivity contribution in [2.45, 2.75) is 104 Å². The second-order valence-electron chi connectivity index (χ2n) is 6.88. The molecule has 0 aromatic rings. The van der Waals surface area contributed by atoms with E-state index in [0.29, 0.717) is 6.61 Å². The Labute approximate surface area is 154 Å². The van der Waals surface area contributed by atoms with Crippen LogP contribution in [0.1, 0.15) is 97.8 Å². The van der Waals surface area contributed by atoms with E-state index in [2.05, 4.69) is 6.92 Å². The zero-order valence-corrected chi connectivity index (χ0v) is 16.6. The van der Waals surface area contributed by atoms with Gasteiger partial charge in [-0.15, -0.1) is 0 Å². The smallest absolute Gasteiger partial charge is 0.331 e. The molecular weight excluding hydrogens is 316 g/mol. The van der Waals surface area contributed by atoms with Crippen molar-refractivity contribution in [1.29, 1.82) is 0 Å². The zero-order chi connectivity index (χ0) is 18.8. The lowest BCUT2D eigenvalue weighted by atomic mass is 10.1. The van der Waals surface area contributed by atoms with E-state index in [1.807, 2.05) is 0 Å². The molecule has 0 saturated heterocycles. The van der Waals surface area contributed by atoms with Crippen LogP contribution in [0.5, 0.6) is 0 Å². The van der Waals surface area contributed by atoms with E-state index in [4.69, 9.17) is 9.47 Å². The predicted molar refractivity (Wildman–Crippen MR) is 102 cm³/mol. The average Bonchev–Trinajstić information content (AvgIpc) is 2.56. The minimum atomic E-state index is -0.516. The molecule has 0 heterocycles. The van der Waals surface area contributed by atoms with E-state index in [9.17, 15) is 9.59 Å². The first-order chi connectivity index (χ1) is 12.1. The van der Waals surface area contributed by atoms with Crippen LogP contribution in [0.3, 0.4) is 0 Å². The highest BCUT2D eigenvalue weighted by molar-refractivity contribution is 5.91. The fourth-order valence-electron chi connectivity index (χ4n) is 2.57. The molecule has 0 saturated carbocycles. The molecule has 4 nitrogen and oxygen atoms in total. The van der Waals surface area contributed by atoms with Crippen LogP contribution in [0, 0.1) is 0 Å². The molecule has 0 rings (SSSR count). The molecule has 0 radical (unpaired) electrons. The molecule has 0 aliphatic heterocycles. The van der Waals surface area contributed by atoms with Crippen LogP contribution in [0.15, 0.2) is 12.2 Å². The number of carbonyl (C=O) groups excluding carboxylic acids is 2.